The van der Waals surface area contributed by atoms with Gasteiger partial charge in [0.15, 0.2) is 5.75 Å². The summed E-state index contributed by atoms with van der Waals surface area (Å²) in [5.41, 5.74) is 1.68. The highest BCUT2D eigenvalue weighted by Crippen LogP contribution is 2.33. The number of hydrogen-bond donors (Lipinski definition) is 2. The van der Waals surface area contributed by atoms with E-state index in [1.165, 1.54) is 0 Å². The van der Waals surface area contributed by atoms with Gasteiger partial charge in [-0.2, -0.15) is 0 Å². The van der Waals surface area contributed by atoms with Crippen molar-refractivity contribution in [2.24, 2.45) is 0 Å². The molecule has 1 aromatic rings. The normalized spacial score (nSPS) is 19.6. The van der Waals surface area contributed by atoms with Crippen LogP contribution >= 0.6 is 0 Å². The molecule has 3 rings (SSSR count). The summed E-state index contributed by atoms with van der Waals surface area (Å²) in [5.74, 6) is 0.689. The van der Waals surface area contributed by atoms with Crippen LogP contribution in [0, 0.1) is 0 Å². The summed E-state index contributed by atoms with van der Waals surface area (Å²) in [6.45, 7) is 4.92. The molecule has 2 aliphatic rings. The molecule has 5 nitrogen and oxygen atoms in total. The largest absolute Gasteiger partial charge is 0.489 e. The molecule has 0 aromatic heterocycles. The lowest BCUT2D eigenvalue weighted by Gasteiger charge is -2.31. The zero-order valence-electron chi connectivity index (χ0n) is 10.2. The Balaban J connectivity index is 1.99. The van der Waals surface area contributed by atoms with Crippen molar-refractivity contribution in [1.82, 2.24) is 10.6 Å². The third-order valence-electron chi connectivity index (χ3n) is 3.33. The Hall–Kier alpha value is -1.75. The van der Waals surface area contributed by atoms with Crippen LogP contribution in [0.3, 0.4) is 0 Å². The first-order valence-corrected chi connectivity index (χ1v) is 6.36. The van der Waals surface area contributed by atoms with E-state index < -0.39 is 0 Å². The molecule has 2 N–H and O–H groups in total. The molecule has 0 unspecified atom stereocenters. The lowest BCUT2D eigenvalue weighted by molar-refractivity contribution is 0.0957. The third-order valence-corrected chi connectivity index (χ3v) is 3.33. The molecule has 5 heteroatoms. The van der Waals surface area contributed by atoms with Gasteiger partial charge in [-0.3, -0.25) is 4.79 Å². The van der Waals surface area contributed by atoms with Gasteiger partial charge in [-0.25, -0.2) is 0 Å². The SMILES string of the molecule is O=C1NCCOc2c1cccc2N1CCNCC1. The van der Waals surface area contributed by atoms with Crippen molar-refractivity contribution < 1.29 is 9.53 Å². The van der Waals surface area contributed by atoms with Crippen LogP contribution < -0.4 is 20.3 Å². The lowest BCUT2D eigenvalue weighted by atomic mass is 10.1. The molecule has 0 saturated carbocycles. The minimum Gasteiger partial charge on any atom is -0.489 e. The van der Waals surface area contributed by atoms with E-state index in [0.717, 1.165) is 37.6 Å². The van der Waals surface area contributed by atoms with Crippen molar-refractivity contribution in [1.29, 1.82) is 0 Å². The fourth-order valence-corrected chi connectivity index (χ4v) is 2.42. The lowest BCUT2D eigenvalue weighted by Crippen LogP contribution is -2.43. The quantitative estimate of drug-likeness (QED) is 0.745. The van der Waals surface area contributed by atoms with Gasteiger partial charge in [-0.05, 0) is 12.1 Å². The maximum atomic E-state index is 11.9. The minimum absolute atomic E-state index is 0.0421. The summed E-state index contributed by atoms with van der Waals surface area (Å²) in [6.07, 6.45) is 0. The Morgan fingerprint density at radius 2 is 2.00 bits per heavy atom. The van der Waals surface area contributed by atoms with E-state index in [1.54, 1.807) is 0 Å². The fourth-order valence-electron chi connectivity index (χ4n) is 2.42. The summed E-state index contributed by atoms with van der Waals surface area (Å²) >= 11 is 0. The molecule has 0 atom stereocenters. The first kappa shape index (κ1) is 11.3. The van der Waals surface area contributed by atoms with E-state index in [-0.39, 0.29) is 5.91 Å². The Kier molecular flexibility index (Phi) is 3.06. The van der Waals surface area contributed by atoms with Crippen LogP contribution in [0.15, 0.2) is 18.2 Å². The molecule has 18 heavy (non-hydrogen) atoms. The van der Waals surface area contributed by atoms with E-state index in [0.29, 0.717) is 18.7 Å². The van der Waals surface area contributed by atoms with Crippen molar-refractivity contribution in [3.05, 3.63) is 23.8 Å². The molecule has 2 heterocycles. The van der Waals surface area contributed by atoms with Gasteiger partial charge in [0.2, 0.25) is 0 Å². The summed E-state index contributed by atoms with van der Waals surface area (Å²) in [6, 6.07) is 5.77. The molecule has 2 aliphatic heterocycles. The zero-order chi connectivity index (χ0) is 12.4. The number of amides is 1. The summed E-state index contributed by atoms with van der Waals surface area (Å²) < 4.78 is 5.76. The Morgan fingerprint density at radius 1 is 1.17 bits per heavy atom. The van der Waals surface area contributed by atoms with E-state index in [2.05, 4.69) is 15.5 Å². The number of benzene rings is 1. The highest BCUT2D eigenvalue weighted by atomic mass is 16.5. The molecule has 1 fully saturated rings. The second kappa shape index (κ2) is 4.86. The molecule has 96 valence electrons. The number of nitrogens with one attached hydrogen (secondary N) is 2. The molecule has 0 radical (unpaired) electrons. The third kappa shape index (κ3) is 2.01. The van der Waals surface area contributed by atoms with Gasteiger partial charge in [0.1, 0.15) is 6.61 Å². The standard InChI is InChI=1S/C13H17N3O2/c17-13-10-2-1-3-11(12(10)18-9-6-15-13)16-7-4-14-5-8-16/h1-3,14H,4-9H2,(H,15,17). The van der Waals surface area contributed by atoms with Gasteiger partial charge in [0.05, 0.1) is 17.8 Å². The van der Waals surface area contributed by atoms with E-state index >= 15 is 0 Å². The van der Waals surface area contributed by atoms with E-state index in [4.69, 9.17) is 4.74 Å². The minimum atomic E-state index is -0.0421. The summed E-state index contributed by atoms with van der Waals surface area (Å²) in [7, 11) is 0. The molecule has 0 bridgehead atoms. The Labute approximate surface area is 106 Å². The molecule has 1 saturated heterocycles. The first-order chi connectivity index (χ1) is 8.86. The van der Waals surface area contributed by atoms with Crippen LogP contribution in [0.4, 0.5) is 5.69 Å². The number of nitrogens with zero attached hydrogens (tertiary/aromatic N) is 1. The van der Waals surface area contributed by atoms with Crippen molar-refractivity contribution in [3.8, 4) is 5.75 Å². The van der Waals surface area contributed by atoms with Crippen LogP contribution in [0.25, 0.3) is 0 Å². The second-order valence-corrected chi connectivity index (χ2v) is 4.50. The predicted octanol–water partition coefficient (Wildman–Crippen LogP) is 0.218. The highest BCUT2D eigenvalue weighted by molar-refractivity contribution is 5.99. The number of hydrogen-bond acceptors (Lipinski definition) is 4. The average molecular weight is 247 g/mol. The first-order valence-electron chi connectivity index (χ1n) is 6.36. The van der Waals surface area contributed by atoms with Crippen molar-refractivity contribution in [2.45, 2.75) is 0 Å². The number of carbonyl (C=O) groups is 1. The number of piperazine rings is 1. The van der Waals surface area contributed by atoms with Crippen LogP contribution in [0.5, 0.6) is 5.75 Å². The average Bonchev–Trinajstić information content (AvgIpc) is 2.62. The molecule has 1 amide bonds. The maximum Gasteiger partial charge on any atom is 0.255 e. The zero-order valence-corrected chi connectivity index (χ0v) is 10.2. The number of ether oxygens (including phenoxy) is 1. The van der Waals surface area contributed by atoms with Crippen LogP contribution in [-0.4, -0.2) is 45.2 Å². The second-order valence-electron chi connectivity index (χ2n) is 4.50. The topological polar surface area (TPSA) is 53.6 Å². The summed E-state index contributed by atoms with van der Waals surface area (Å²) in [5, 5.41) is 6.16. The number of carbonyl (C=O) groups excluding carboxylic acids is 1. The van der Waals surface area contributed by atoms with Gasteiger partial charge in [0, 0.05) is 26.2 Å². The number of para-hydroxylation sites is 1. The van der Waals surface area contributed by atoms with Crippen molar-refractivity contribution in [2.75, 3.05) is 44.2 Å². The highest BCUT2D eigenvalue weighted by Gasteiger charge is 2.22. The van der Waals surface area contributed by atoms with Crippen LogP contribution in [0.1, 0.15) is 10.4 Å². The van der Waals surface area contributed by atoms with Gasteiger partial charge in [0.25, 0.3) is 5.91 Å². The number of rotatable bonds is 1. The summed E-state index contributed by atoms with van der Waals surface area (Å²) in [4.78, 5) is 14.2. The number of fused-ring (bicyclic) bond motifs is 1. The fraction of sp³-hybridized carbons (Fsp3) is 0.462. The van der Waals surface area contributed by atoms with E-state index in [9.17, 15) is 4.79 Å². The van der Waals surface area contributed by atoms with Crippen LogP contribution in [0.2, 0.25) is 0 Å². The smallest absolute Gasteiger partial charge is 0.255 e. The maximum absolute atomic E-state index is 11.9. The van der Waals surface area contributed by atoms with E-state index in [1.807, 2.05) is 18.2 Å². The molecular formula is C13H17N3O2. The Morgan fingerprint density at radius 3 is 2.83 bits per heavy atom. The number of anilines is 1. The van der Waals surface area contributed by atoms with Crippen LogP contribution in [-0.2, 0) is 0 Å². The molecular weight excluding hydrogens is 230 g/mol. The van der Waals surface area contributed by atoms with Gasteiger partial charge < -0.3 is 20.3 Å². The molecule has 0 spiro atoms. The molecule has 0 aliphatic carbocycles. The van der Waals surface area contributed by atoms with Crippen molar-refractivity contribution in [3.63, 3.8) is 0 Å². The van der Waals surface area contributed by atoms with Crippen molar-refractivity contribution >= 4 is 11.6 Å². The predicted molar refractivity (Wildman–Crippen MR) is 69.4 cm³/mol. The van der Waals surface area contributed by atoms with Gasteiger partial charge in [-0.1, -0.05) is 6.07 Å². The van der Waals surface area contributed by atoms with Gasteiger partial charge in [-0.15, -0.1) is 0 Å². The van der Waals surface area contributed by atoms with Gasteiger partial charge >= 0.3 is 0 Å². The Bertz CT molecular complexity index is 456. The molecule has 1 aromatic carbocycles. The monoisotopic (exact) mass is 247 g/mol.